The molecule has 2 aliphatic rings. The number of nitrogens with two attached hydrogens (primary N) is 1. The number of nitrogens with zero attached hydrogens (tertiary/aromatic N) is 1. The summed E-state index contributed by atoms with van der Waals surface area (Å²) in [6, 6.07) is 6.83. The third kappa shape index (κ3) is 3.58. The second-order valence-corrected chi connectivity index (χ2v) is 6.11. The van der Waals surface area contributed by atoms with E-state index in [-0.39, 0.29) is 24.4 Å². The number of aryl methyl sites for hydroxylation is 2. The minimum Gasteiger partial charge on any atom is -0.338 e. The van der Waals surface area contributed by atoms with Crippen LogP contribution < -0.4 is 5.73 Å². The first-order valence-electron chi connectivity index (χ1n) is 7.88. The van der Waals surface area contributed by atoms with E-state index in [1.54, 1.807) is 0 Å². The van der Waals surface area contributed by atoms with Crippen LogP contribution in [0.4, 0.5) is 0 Å². The first-order chi connectivity index (χ1) is 9.78. The Bertz CT molecular complexity index is 504. The van der Waals surface area contributed by atoms with Crippen molar-refractivity contribution in [2.45, 2.75) is 51.0 Å². The van der Waals surface area contributed by atoms with Gasteiger partial charge in [-0.25, -0.2) is 0 Å². The van der Waals surface area contributed by atoms with Crippen LogP contribution in [0.5, 0.6) is 0 Å². The van der Waals surface area contributed by atoms with E-state index in [0.29, 0.717) is 13.0 Å². The Hall–Kier alpha value is -1.06. The lowest BCUT2D eigenvalue weighted by molar-refractivity contribution is -0.133. The standard InChI is InChI=1S/C17H24N2O.ClH/c18-12-16-6-1-2-9-19(16)17(20)11-13-7-8-14-4-3-5-15(14)10-13;/h7-8,10,16H,1-6,9,11-12,18H2;1H. The molecule has 1 fully saturated rings. The lowest BCUT2D eigenvalue weighted by Gasteiger charge is -2.35. The lowest BCUT2D eigenvalue weighted by atomic mass is 9.99. The fourth-order valence-electron chi connectivity index (χ4n) is 3.59. The number of fused-ring (bicyclic) bond motifs is 1. The number of hydrogen-bond acceptors (Lipinski definition) is 2. The summed E-state index contributed by atoms with van der Waals surface area (Å²) in [4.78, 5) is 14.5. The molecule has 1 amide bonds. The molecular formula is C17H25ClN2O. The van der Waals surface area contributed by atoms with E-state index in [1.165, 1.54) is 36.8 Å². The topological polar surface area (TPSA) is 46.3 Å². The number of rotatable bonds is 3. The molecule has 3 rings (SSSR count). The molecule has 1 heterocycles. The van der Waals surface area contributed by atoms with Crippen LogP contribution in [0, 0.1) is 0 Å². The largest absolute Gasteiger partial charge is 0.338 e. The molecule has 0 saturated carbocycles. The molecule has 1 atom stereocenters. The first kappa shape index (κ1) is 16.3. The highest BCUT2D eigenvalue weighted by Gasteiger charge is 2.25. The summed E-state index contributed by atoms with van der Waals surface area (Å²) in [5.74, 6) is 0.248. The molecule has 2 N–H and O–H groups in total. The van der Waals surface area contributed by atoms with Gasteiger partial charge < -0.3 is 10.6 Å². The first-order valence-corrected chi connectivity index (χ1v) is 7.88. The highest BCUT2D eigenvalue weighted by Crippen LogP contribution is 2.24. The number of carbonyl (C=O) groups excluding carboxylic acids is 1. The lowest BCUT2D eigenvalue weighted by Crippen LogP contribution is -2.48. The van der Waals surface area contributed by atoms with Crippen molar-refractivity contribution < 1.29 is 4.79 Å². The van der Waals surface area contributed by atoms with Gasteiger partial charge >= 0.3 is 0 Å². The van der Waals surface area contributed by atoms with Gasteiger partial charge in [0.05, 0.1) is 6.42 Å². The zero-order valence-corrected chi connectivity index (χ0v) is 13.3. The predicted octanol–water partition coefficient (Wildman–Crippen LogP) is 2.48. The second kappa shape index (κ2) is 7.28. The van der Waals surface area contributed by atoms with Crippen molar-refractivity contribution in [3.05, 3.63) is 34.9 Å². The quantitative estimate of drug-likeness (QED) is 0.932. The van der Waals surface area contributed by atoms with Crippen molar-refractivity contribution in [2.75, 3.05) is 13.1 Å². The number of halogens is 1. The summed E-state index contributed by atoms with van der Waals surface area (Å²) in [6.07, 6.45) is 7.54. The van der Waals surface area contributed by atoms with Crippen LogP contribution >= 0.6 is 12.4 Å². The summed E-state index contributed by atoms with van der Waals surface area (Å²) in [5, 5.41) is 0. The zero-order chi connectivity index (χ0) is 13.9. The SMILES string of the molecule is Cl.NCC1CCCCN1C(=O)Cc1ccc2c(c1)CCC2. The van der Waals surface area contributed by atoms with Gasteiger partial charge in [-0.15, -0.1) is 12.4 Å². The van der Waals surface area contributed by atoms with Crippen LogP contribution in [0.3, 0.4) is 0 Å². The molecule has 1 aliphatic carbocycles. The van der Waals surface area contributed by atoms with Crippen LogP contribution in [-0.4, -0.2) is 29.9 Å². The third-order valence-electron chi connectivity index (χ3n) is 4.74. The van der Waals surface area contributed by atoms with Crippen molar-refractivity contribution >= 4 is 18.3 Å². The highest BCUT2D eigenvalue weighted by molar-refractivity contribution is 5.85. The van der Waals surface area contributed by atoms with E-state index >= 15 is 0 Å². The van der Waals surface area contributed by atoms with Crippen LogP contribution in [0.1, 0.15) is 42.4 Å². The van der Waals surface area contributed by atoms with Gasteiger partial charge in [-0.05, 0) is 55.2 Å². The van der Waals surface area contributed by atoms with Gasteiger partial charge in [0.15, 0.2) is 0 Å². The Morgan fingerprint density at radius 2 is 2.00 bits per heavy atom. The molecule has 1 unspecified atom stereocenters. The normalized spacial score (nSPS) is 20.8. The zero-order valence-electron chi connectivity index (χ0n) is 12.5. The van der Waals surface area contributed by atoms with Gasteiger partial charge in [0.25, 0.3) is 0 Å². The Labute approximate surface area is 133 Å². The van der Waals surface area contributed by atoms with Crippen LogP contribution in [0.15, 0.2) is 18.2 Å². The van der Waals surface area contributed by atoms with E-state index in [4.69, 9.17) is 5.73 Å². The number of piperidine rings is 1. The number of amides is 1. The van der Waals surface area contributed by atoms with E-state index < -0.39 is 0 Å². The predicted molar refractivity (Wildman–Crippen MR) is 87.8 cm³/mol. The highest BCUT2D eigenvalue weighted by atomic mass is 35.5. The van der Waals surface area contributed by atoms with Crippen LogP contribution in [-0.2, 0) is 24.1 Å². The second-order valence-electron chi connectivity index (χ2n) is 6.11. The molecule has 1 saturated heterocycles. The van der Waals surface area contributed by atoms with Crippen molar-refractivity contribution in [3.8, 4) is 0 Å². The number of carbonyl (C=O) groups is 1. The minimum atomic E-state index is 0. The smallest absolute Gasteiger partial charge is 0.227 e. The van der Waals surface area contributed by atoms with Gasteiger partial charge in [0.1, 0.15) is 0 Å². The third-order valence-corrected chi connectivity index (χ3v) is 4.74. The summed E-state index contributed by atoms with van der Waals surface area (Å²) < 4.78 is 0. The fraction of sp³-hybridized carbons (Fsp3) is 0.588. The van der Waals surface area contributed by atoms with Crippen LogP contribution in [0.2, 0.25) is 0 Å². The Morgan fingerprint density at radius 1 is 1.19 bits per heavy atom. The summed E-state index contributed by atoms with van der Waals surface area (Å²) in [5.41, 5.74) is 9.89. The van der Waals surface area contributed by atoms with E-state index in [1.807, 2.05) is 4.90 Å². The van der Waals surface area contributed by atoms with Crippen molar-refractivity contribution in [1.82, 2.24) is 4.90 Å². The Balaban J connectivity index is 0.00000161. The number of benzene rings is 1. The summed E-state index contributed by atoms with van der Waals surface area (Å²) >= 11 is 0. The van der Waals surface area contributed by atoms with Crippen molar-refractivity contribution in [3.63, 3.8) is 0 Å². The minimum absolute atomic E-state index is 0. The Morgan fingerprint density at radius 3 is 2.81 bits per heavy atom. The number of likely N-dealkylation sites (tertiary alicyclic amines) is 1. The van der Waals surface area contributed by atoms with Gasteiger partial charge in [0.2, 0.25) is 5.91 Å². The molecule has 0 radical (unpaired) electrons. The maximum atomic E-state index is 12.5. The molecule has 1 aromatic rings. The van der Waals surface area contributed by atoms with E-state index in [0.717, 1.165) is 24.9 Å². The van der Waals surface area contributed by atoms with E-state index in [2.05, 4.69) is 18.2 Å². The van der Waals surface area contributed by atoms with Gasteiger partial charge in [-0.2, -0.15) is 0 Å². The van der Waals surface area contributed by atoms with Crippen LogP contribution in [0.25, 0.3) is 0 Å². The molecule has 0 spiro atoms. The Kier molecular flexibility index (Phi) is 5.65. The maximum absolute atomic E-state index is 12.5. The summed E-state index contributed by atoms with van der Waals surface area (Å²) in [7, 11) is 0. The molecule has 1 aromatic carbocycles. The number of hydrogen-bond donors (Lipinski definition) is 1. The fourth-order valence-corrected chi connectivity index (χ4v) is 3.59. The molecule has 3 nitrogen and oxygen atoms in total. The molecule has 116 valence electrons. The average Bonchev–Trinajstić information content (AvgIpc) is 2.94. The van der Waals surface area contributed by atoms with Gasteiger partial charge in [-0.1, -0.05) is 18.2 Å². The van der Waals surface area contributed by atoms with Gasteiger partial charge in [0, 0.05) is 19.1 Å². The van der Waals surface area contributed by atoms with Crippen molar-refractivity contribution in [1.29, 1.82) is 0 Å². The monoisotopic (exact) mass is 308 g/mol. The molecule has 21 heavy (non-hydrogen) atoms. The van der Waals surface area contributed by atoms with E-state index in [9.17, 15) is 4.79 Å². The molecule has 4 heteroatoms. The molecular weight excluding hydrogens is 284 g/mol. The maximum Gasteiger partial charge on any atom is 0.227 e. The van der Waals surface area contributed by atoms with Crippen molar-refractivity contribution in [2.24, 2.45) is 5.73 Å². The average molecular weight is 309 g/mol. The molecule has 0 aromatic heterocycles. The molecule has 0 bridgehead atoms. The van der Waals surface area contributed by atoms with Gasteiger partial charge in [-0.3, -0.25) is 4.79 Å². The molecule has 1 aliphatic heterocycles. The summed E-state index contributed by atoms with van der Waals surface area (Å²) in [6.45, 7) is 1.47.